The van der Waals surface area contributed by atoms with Crippen molar-refractivity contribution in [3.63, 3.8) is 0 Å². The Hall–Kier alpha value is -2.94. The van der Waals surface area contributed by atoms with E-state index in [0.717, 1.165) is 30.3 Å². The second kappa shape index (κ2) is 8.95. The van der Waals surface area contributed by atoms with Crippen molar-refractivity contribution in [2.45, 2.75) is 19.8 Å². The molecule has 0 aliphatic heterocycles. The first-order valence-electron chi connectivity index (χ1n) is 9.12. The van der Waals surface area contributed by atoms with Crippen LogP contribution in [0.5, 0.6) is 11.5 Å². The van der Waals surface area contributed by atoms with Gasteiger partial charge in [0.1, 0.15) is 11.5 Å². The highest BCUT2D eigenvalue weighted by Crippen LogP contribution is 2.24. The molecule has 3 nitrogen and oxygen atoms in total. The van der Waals surface area contributed by atoms with Crippen LogP contribution in [-0.4, -0.2) is 13.1 Å². The van der Waals surface area contributed by atoms with E-state index in [-0.39, 0.29) is 0 Å². The molecule has 0 bridgehead atoms. The number of ether oxygens (including phenoxy) is 1. The molecule has 0 aromatic heterocycles. The summed E-state index contributed by atoms with van der Waals surface area (Å²) in [5.74, 6) is 2.20. The summed E-state index contributed by atoms with van der Waals surface area (Å²) in [5.41, 5.74) is 3.66. The minimum Gasteiger partial charge on any atom is -0.457 e. The zero-order chi connectivity index (χ0) is 18.2. The van der Waals surface area contributed by atoms with Crippen LogP contribution in [0.2, 0.25) is 0 Å². The highest BCUT2D eigenvalue weighted by atomic mass is 16.5. The zero-order valence-corrected chi connectivity index (χ0v) is 15.4. The number of anilines is 2. The molecule has 134 valence electrons. The van der Waals surface area contributed by atoms with E-state index in [0.29, 0.717) is 5.92 Å². The summed E-state index contributed by atoms with van der Waals surface area (Å²) in [7, 11) is 0. The highest BCUT2D eigenvalue weighted by Gasteiger charge is 2.04. The summed E-state index contributed by atoms with van der Waals surface area (Å²) in [5, 5.41) is 6.96. The van der Waals surface area contributed by atoms with Crippen LogP contribution in [0.4, 0.5) is 11.4 Å². The predicted molar refractivity (Wildman–Crippen MR) is 110 cm³/mol. The molecule has 0 saturated carbocycles. The van der Waals surface area contributed by atoms with E-state index in [1.54, 1.807) is 0 Å². The summed E-state index contributed by atoms with van der Waals surface area (Å²) in [6.45, 7) is 6.16. The Bertz CT molecular complexity index is 798. The van der Waals surface area contributed by atoms with Crippen LogP contribution >= 0.6 is 0 Å². The lowest BCUT2D eigenvalue weighted by Gasteiger charge is -2.15. The van der Waals surface area contributed by atoms with Gasteiger partial charge in [-0.1, -0.05) is 50.2 Å². The Morgan fingerprint density at radius 1 is 0.692 bits per heavy atom. The number of nitrogens with one attached hydrogen (secondary N) is 2. The molecular weight excluding hydrogens is 320 g/mol. The number of para-hydroxylation sites is 2. The van der Waals surface area contributed by atoms with Crippen molar-refractivity contribution in [2.75, 3.05) is 23.7 Å². The Labute approximate surface area is 156 Å². The monoisotopic (exact) mass is 346 g/mol. The van der Waals surface area contributed by atoms with Crippen LogP contribution in [0.25, 0.3) is 0 Å². The second-order valence-corrected chi connectivity index (χ2v) is 6.53. The molecule has 3 heteroatoms. The summed E-state index contributed by atoms with van der Waals surface area (Å²) in [6, 6.07) is 26.4. The van der Waals surface area contributed by atoms with Crippen molar-refractivity contribution in [3.8, 4) is 11.5 Å². The van der Waals surface area contributed by atoms with Crippen molar-refractivity contribution >= 4 is 11.4 Å². The Kier molecular flexibility index (Phi) is 6.15. The first-order chi connectivity index (χ1) is 12.7. The van der Waals surface area contributed by atoms with Gasteiger partial charge in [0.2, 0.25) is 0 Å². The van der Waals surface area contributed by atoms with Crippen LogP contribution in [0, 0.1) is 0 Å². The molecule has 0 aliphatic carbocycles. The smallest absolute Gasteiger partial charge is 0.127 e. The van der Waals surface area contributed by atoms with Crippen molar-refractivity contribution in [1.29, 1.82) is 0 Å². The van der Waals surface area contributed by atoms with Gasteiger partial charge in [0.05, 0.1) is 0 Å². The maximum Gasteiger partial charge on any atom is 0.127 e. The maximum absolute atomic E-state index is 5.81. The first kappa shape index (κ1) is 17.9. The fourth-order valence-corrected chi connectivity index (χ4v) is 2.83. The molecule has 0 atom stereocenters. The third-order valence-corrected chi connectivity index (χ3v) is 4.19. The van der Waals surface area contributed by atoms with E-state index in [4.69, 9.17) is 4.74 Å². The van der Waals surface area contributed by atoms with Crippen molar-refractivity contribution < 1.29 is 4.74 Å². The maximum atomic E-state index is 5.81. The molecule has 26 heavy (non-hydrogen) atoms. The average Bonchev–Trinajstić information content (AvgIpc) is 2.67. The molecule has 0 radical (unpaired) electrons. The van der Waals surface area contributed by atoms with Gasteiger partial charge < -0.3 is 15.4 Å². The average molecular weight is 346 g/mol. The van der Waals surface area contributed by atoms with E-state index < -0.39 is 0 Å². The fourth-order valence-electron chi connectivity index (χ4n) is 2.83. The molecule has 0 amide bonds. The lowest BCUT2D eigenvalue weighted by atomic mass is 10.0. The first-order valence-corrected chi connectivity index (χ1v) is 9.12. The number of hydrogen-bond donors (Lipinski definition) is 2. The van der Waals surface area contributed by atoms with Crippen LogP contribution in [-0.2, 0) is 0 Å². The molecule has 0 aliphatic rings. The van der Waals surface area contributed by atoms with Crippen LogP contribution in [0.15, 0.2) is 78.9 Å². The normalized spacial score (nSPS) is 10.6. The summed E-state index contributed by atoms with van der Waals surface area (Å²) >= 11 is 0. The van der Waals surface area contributed by atoms with Gasteiger partial charge in [-0.05, 0) is 53.9 Å². The molecule has 3 aromatic rings. The van der Waals surface area contributed by atoms with E-state index >= 15 is 0 Å². The van der Waals surface area contributed by atoms with Crippen molar-refractivity contribution in [2.24, 2.45) is 0 Å². The molecule has 0 spiro atoms. The minimum atomic E-state index is 0.517. The lowest BCUT2D eigenvalue weighted by Crippen LogP contribution is -2.14. The van der Waals surface area contributed by atoms with Crippen molar-refractivity contribution in [3.05, 3.63) is 84.4 Å². The number of hydrogen-bond acceptors (Lipinski definition) is 3. The predicted octanol–water partition coefficient (Wildman–Crippen LogP) is 6.13. The molecule has 0 saturated heterocycles. The standard InChI is InChI=1S/C23H26N2O/c1-18(2)22-10-6-7-11-23(22)25-17-16-24-19-12-14-21(15-13-19)26-20-8-4-3-5-9-20/h3-15,18,24-25H,16-17H2,1-2H3. The Balaban J connectivity index is 1.47. The van der Waals surface area contributed by atoms with E-state index in [1.165, 1.54) is 11.3 Å². The molecule has 3 aromatic carbocycles. The van der Waals surface area contributed by atoms with E-state index in [9.17, 15) is 0 Å². The Morgan fingerprint density at radius 3 is 2.04 bits per heavy atom. The molecular formula is C23H26N2O. The second-order valence-electron chi connectivity index (χ2n) is 6.53. The van der Waals surface area contributed by atoms with Crippen LogP contribution < -0.4 is 15.4 Å². The van der Waals surface area contributed by atoms with Gasteiger partial charge >= 0.3 is 0 Å². The highest BCUT2D eigenvalue weighted by molar-refractivity contribution is 5.53. The molecule has 0 fully saturated rings. The van der Waals surface area contributed by atoms with Crippen LogP contribution in [0.1, 0.15) is 25.3 Å². The van der Waals surface area contributed by atoms with Gasteiger partial charge in [-0.3, -0.25) is 0 Å². The minimum absolute atomic E-state index is 0.517. The molecule has 0 heterocycles. The van der Waals surface area contributed by atoms with Gasteiger partial charge in [-0.2, -0.15) is 0 Å². The van der Waals surface area contributed by atoms with Crippen LogP contribution in [0.3, 0.4) is 0 Å². The number of rotatable bonds is 8. The molecule has 2 N–H and O–H groups in total. The van der Waals surface area contributed by atoms with Gasteiger partial charge in [0, 0.05) is 24.5 Å². The molecule has 3 rings (SSSR count). The quantitative estimate of drug-likeness (QED) is 0.482. The third kappa shape index (κ3) is 5.03. The summed E-state index contributed by atoms with van der Waals surface area (Å²) < 4.78 is 5.81. The Morgan fingerprint density at radius 2 is 1.31 bits per heavy atom. The topological polar surface area (TPSA) is 33.3 Å². The van der Waals surface area contributed by atoms with Gasteiger partial charge in [-0.15, -0.1) is 0 Å². The zero-order valence-electron chi connectivity index (χ0n) is 15.4. The largest absolute Gasteiger partial charge is 0.457 e. The van der Waals surface area contributed by atoms with E-state index in [1.807, 2.05) is 54.6 Å². The summed E-state index contributed by atoms with van der Waals surface area (Å²) in [4.78, 5) is 0. The van der Waals surface area contributed by atoms with Gasteiger partial charge in [-0.25, -0.2) is 0 Å². The van der Waals surface area contributed by atoms with Gasteiger partial charge in [0.25, 0.3) is 0 Å². The third-order valence-electron chi connectivity index (χ3n) is 4.19. The lowest BCUT2D eigenvalue weighted by molar-refractivity contribution is 0.483. The molecule has 0 unspecified atom stereocenters. The fraction of sp³-hybridized carbons (Fsp3) is 0.217. The summed E-state index contributed by atoms with van der Waals surface area (Å²) in [6.07, 6.45) is 0. The van der Waals surface area contributed by atoms with Gasteiger partial charge in [0.15, 0.2) is 0 Å². The number of benzene rings is 3. The van der Waals surface area contributed by atoms with E-state index in [2.05, 4.69) is 48.7 Å². The SMILES string of the molecule is CC(C)c1ccccc1NCCNc1ccc(Oc2ccccc2)cc1. The van der Waals surface area contributed by atoms with Crippen molar-refractivity contribution in [1.82, 2.24) is 0 Å².